The largest absolute Gasteiger partial charge is 1.00 e. The molecule has 17 heteroatoms. The molecule has 0 spiro atoms. The second-order valence-corrected chi connectivity index (χ2v) is 9.22. The van der Waals surface area contributed by atoms with Crippen LogP contribution in [-0.2, 0) is 19.2 Å². The number of carbonyl (C=O) groups is 4. The second-order valence-electron chi connectivity index (χ2n) is 9.22. The Kier molecular flexibility index (Phi) is 22.6. The summed E-state index contributed by atoms with van der Waals surface area (Å²) in [6.45, 7) is -1.68. The number of β-amino-alcohol motifs (C(OH)–C–C–N with tert-alkyl or cyclic N) is 1. The number of carboxylic acid groups (broad SMARTS) is 4. The minimum absolute atomic E-state index is 0. The van der Waals surface area contributed by atoms with Crippen LogP contribution < -0.4 is 50.0 Å². The number of aliphatic hydroxyl groups is 3. The quantitative estimate of drug-likeness (QED) is 0.151. The average molecular weight is 587 g/mol. The molecule has 0 amide bonds. The molecule has 1 heterocycles. The van der Waals surface area contributed by atoms with Crippen LogP contribution in [0.1, 0.15) is 7.43 Å². The van der Waals surface area contributed by atoms with Crippen LogP contribution in [0, 0.1) is 0 Å². The molecule has 1 aliphatic rings. The van der Waals surface area contributed by atoms with Gasteiger partial charge in [-0.1, -0.05) is 7.43 Å². The van der Waals surface area contributed by atoms with E-state index in [2.05, 4.69) is 0 Å². The number of nitrogens with zero attached hydrogens (tertiary/aromatic N) is 5. The molecule has 1 aliphatic heterocycles. The fourth-order valence-electron chi connectivity index (χ4n) is 4.21. The van der Waals surface area contributed by atoms with Gasteiger partial charge in [0.05, 0.1) is 49.2 Å². The number of hydrogen-bond donors (Lipinski definition) is 3. The van der Waals surface area contributed by atoms with E-state index in [-0.39, 0.29) is 102 Å². The molecule has 3 N–H and O–H groups in total. The van der Waals surface area contributed by atoms with Crippen LogP contribution in [0.4, 0.5) is 0 Å². The number of rotatable bonds is 15. The predicted molar refractivity (Wildman–Crippen MR) is 128 cm³/mol. The van der Waals surface area contributed by atoms with E-state index in [1.165, 1.54) is 9.80 Å². The third-order valence-corrected chi connectivity index (χ3v) is 6.17. The SMILES string of the molecule is C.O=C([O-])CN1CCN(CC(=O)[O-])CCN(CC(O)CN(CC(=O)[O-])C(CO)CO)CCN(CC(=O)[O-])CC1.[Na+]. The van der Waals surface area contributed by atoms with Gasteiger partial charge in [-0.2, -0.15) is 0 Å². The number of aliphatic hydroxyl groups excluding tert-OH is 3. The van der Waals surface area contributed by atoms with Gasteiger partial charge >= 0.3 is 29.6 Å². The standard InChI is InChI=1S/C22H41N5O11.CH4.Na/c28-15-17(16-29)27(14-22(37)38)10-18(30)9-23-1-3-24(11-19(31)32)5-7-26(13-21(35)36)8-6-25(4-2-23)12-20(33)34;;/h17-18,28-30H,1-16H2,(H,31,32)(H,33,34)(H,35,36)(H,37,38);1H4;/q;;+1/p-4. The first kappa shape index (κ1) is 40.7. The molecule has 0 radical (unpaired) electrons. The number of hydrogen-bond acceptors (Lipinski definition) is 16. The van der Waals surface area contributed by atoms with Gasteiger partial charge < -0.3 is 54.9 Å². The molecule has 16 nitrogen and oxygen atoms in total. The van der Waals surface area contributed by atoms with Gasteiger partial charge in [0.2, 0.25) is 0 Å². The van der Waals surface area contributed by atoms with Gasteiger partial charge in [-0.05, 0) is 0 Å². The normalized spacial score (nSPS) is 17.7. The number of aliphatic carboxylic acids is 4. The molecule has 1 atom stereocenters. The molecule has 0 aromatic carbocycles. The number of carbonyl (C=O) groups excluding carboxylic acids is 4. The molecule has 0 bridgehead atoms. The zero-order valence-electron chi connectivity index (χ0n) is 22.3. The molecule has 1 rings (SSSR count). The predicted octanol–water partition coefficient (Wildman–Crippen LogP) is -12.1. The summed E-state index contributed by atoms with van der Waals surface area (Å²) in [5.41, 5.74) is 0. The molecule has 0 aliphatic carbocycles. The molecular weight excluding hydrogens is 545 g/mol. The number of carboxylic acids is 4. The molecule has 0 saturated carbocycles. The van der Waals surface area contributed by atoms with Crippen molar-refractivity contribution in [2.45, 2.75) is 19.6 Å². The van der Waals surface area contributed by atoms with Gasteiger partial charge in [-0.25, -0.2) is 0 Å². The Hall–Kier alpha value is -1.44. The zero-order chi connectivity index (χ0) is 28.7. The van der Waals surface area contributed by atoms with Crippen molar-refractivity contribution in [1.82, 2.24) is 24.5 Å². The Bertz CT molecular complexity index is 731. The minimum Gasteiger partial charge on any atom is -0.549 e. The summed E-state index contributed by atoms with van der Waals surface area (Å²) >= 11 is 0. The molecule has 40 heavy (non-hydrogen) atoms. The van der Waals surface area contributed by atoms with Gasteiger partial charge in [-0.3, -0.25) is 24.5 Å². The van der Waals surface area contributed by atoms with Crippen molar-refractivity contribution in [3.8, 4) is 0 Å². The van der Waals surface area contributed by atoms with Crippen molar-refractivity contribution >= 4 is 23.9 Å². The van der Waals surface area contributed by atoms with Crippen LogP contribution in [0.25, 0.3) is 0 Å². The van der Waals surface area contributed by atoms with Crippen molar-refractivity contribution in [3.05, 3.63) is 0 Å². The van der Waals surface area contributed by atoms with E-state index in [4.69, 9.17) is 0 Å². The Labute approximate surface area is 256 Å². The fraction of sp³-hybridized carbons (Fsp3) is 0.826. The fourth-order valence-corrected chi connectivity index (χ4v) is 4.21. The van der Waals surface area contributed by atoms with Crippen molar-refractivity contribution in [1.29, 1.82) is 0 Å². The van der Waals surface area contributed by atoms with E-state index in [1.54, 1.807) is 14.7 Å². The van der Waals surface area contributed by atoms with Gasteiger partial charge in [0.1, 0.15) is 0 Å². The first-order valence-corrected chi connectivity index (χ1v) is 12.3. The topological polar surface area (TPSA) is 237 Å². The zero-order valence-corrected chi connectivity index (χ0v) is 24.3. The van der Waals surface area contributed by atoms with Crippen LogP contribution in [0.5, 0.6) is 0 Å². The summed E-state index contributed by atoms with van der Waals surface area (Å²) in [5.74, 6) is -5.44. The molecule has 1 fully saturated rings. The van der Waals surface area contributed by atoms with E-state index in [1.807, 2.05) is 0 Å². The molecular formula is C23H41N5NaO11-3. The second kappa shape index (κ2) is 22.2. The van der Waals surface area contributed by atoms with Gasteiger partial charge in [0.25, 0.3) is 0 Å². The minimum atomic E-state index is -1.46. The smallest absolute Gasteiger partial charge is 0.549 e. The van der Waals surface area contributed by atoms with E-state index in [9.17, 15) is 54.9 Å². The summed E-state index contributed by atoms with van der Waals surface area (Å²) < 4.78 is 0. The Balaban J connectivity index is 0. The Morgan fingerprint density at radius 2 is 0.975 bits per heavy atom. The first-order valence-electron chi connectivity index (χ1n) is 12.3. The van der Waals surface area contributed by atoms with Gasteiger partial charge in [0, 0.05) is 91.6 Å². The van der Waals surface area contributed by atoms with Crippen LogP contribution >= 0.6 is 0 Å². The third-order valence-electron chi connectivity index (χ3n) is 6.17. The summed E-state index contributed by atoms with van der Waals surface area (Å²) in [6.07, 6.45) is -1.15. The van der Waals surface area contributed by atoms with Crippen molar-refractivity contribution in [2.24, 2.45) is 0 Å². The van der Waals surface area contributed by atoms with Crippen molar-refractivity contribution in [3.63, 3.8) is 0 Å². The maximum Gasteiger partial charge on any atom is 1.00 e. The monoisotopic (exact) mass is 586 g/mol. The van der Waals surface area contributed by atoms with E-state index in [0.717, 1.165) is 0 Å². The maximum absolute atomic E-state index is 11.2. The summed E-state index contributed by atoms with van der Waals surface area (Å²) in [4.78, 5) is 52.3. The van der Waals surface area contributed by atoms with Crippen LogP contribution in [0.15, 0.2) is 0 Å². The van der Waals surface area contributed by atoms with Crippen LogP contribution in [0.2, 0.25) is 0 Å². The van der Waals surface area contributed by atoms with Crippen molar-refractivity contribution in [2.75, 3.05) is 105 Å². The third kappa shape index (κ3) is 18.1. The van der Waals surface area contributed by atoms with Crippen LogP contribution in [0.3, 0.4) is 0 Å². The van der Waals surface area contributed by atoms with Gasteiger partial charge in [0.15, 0.2) is 0 Å². The summed E-state index contributed by atoms with van der Waals surface area (Å²) in [5, 5.41) is 74.3. The first-order chi connectivity index (χ1) is 17.9. The summed E-state index contributed by atoms with van der Waals surface area (Å²) in [7, 11) is 0. The van der Waals surface area contributed by atoms with E-state index in [0.29, 0.717) is 0 Å². The van der Waals surface area contributed by atoms with Crippen molar-refractivity contribution < 1.29 is 84.5 Å². The van der Waals surface area contributed by atoms with Gasteiger partial charge in [-0.15, -0.1) is 0 Å². The molecule has 228 valence electrons. The maximum atomic E-state index is 11.2. The molecule has 0 aromatic heterocycles. The Morgan fingerprint density at radius 1 is 0.650 bits per heavy atom. The molecule has 1 unspecified atom stereocenters. The summed E-state index contributed by atoms with van der Waals surface area (Å²) in [6, 6.07) is -0.935. The van der Waals surface area contributed by atoms with Crippen LogP contribution in [-0.4, -0.2) is 181 Å². The average Bonchev–Trinajstić information content (AvgIpc) is 2.80. The molecule has 0 aromatic rings. The molecule has 1 saturated heterocycles. The Morgan fingerprint density at radius 3 is 1.25 bits per heavy atom. The van der Waals surface area contributed by atoms with E-state index < -0.39 is 75.4 Å². The van der Waals surface area contributed by atoms with E-state index >= 15 is 0 Å².